The number of hydrogen-bond donors (Lipinski definition) is 0. The van der Waals surface area contributed by atoms with E-state index >= 15 is 0 Å². The van der Waals surface area contributed by atoms with Crippen LogP contribution < -0.4 is 0 Å². The lowest BCUT2D eigenvalue weighted by molar-refractivity contribution is -0.121. The van der Waals surface area contributed by atoms with Crippen molar-refractivity contribution >= 4 is 6.29 Å². The molecule has 2 fully saturated rings. The average Bonchev–Trinajstić information content (AvgIpc) is 2.58. The highest BCUT2D eigenvalue weighted by Crippen LogP contribution is 2.52. The van der Waals surface area contributed by atoms with Gasteiger partial charge in [-0.05, 0) is 37.5 Å². The zero-order chi connectivity index (χ0) is 7.90. The first-order valence-electron chi connectivity index (χ1n) is 4.72. The molecule has 2 rings (SSSR count). The Balaban J connectivity index is 1.87. The van der Waals surface area contributed by atoms with E-state index in [2.05, 4.69) is 6.92 Å². The Bertz CT molecular complexity index is 170. The molecule has 0 N–H and O–H groups in total. The number of hydrogen-bond acceptors (Lipinski definition) is 1. The van der Waals surface area contributed by atoms with E-state index in [9.17, 15) is 4.79 Å². The highest BCUT2D eigenvalue weighted by Gasteiger charge is 2.44. The molecule has 0 aromatic carbocycles. The quantitative estimate of drug-likeness (QED) is 0.567. The molecule has 11 heavy (non-hydrogen) atoms. The molecule has 0 spiro atoms. The van der Waals surface area contributed by atoms with E-state index in [0.29, 0.717) is 0 Å². The van der Waals surface area contributed by atoms with E-state index in [1.807, 2.05) is 0 Å². The zero-order valence-corrected chi connectivity index (χ0v) is 7.18. The molecular weight excluding hydrogens is 136 g/mol. The van der Waals surface area contributed by atoms with Crippen LogP contribution in [-0.2, 0) is 4.79 Å². The van der Waals surface area contributed by atoms with Gasteiger partial charge in [-0.25, -0.2) is 0 Å². The molecule has 0 aliphatic heterocycles. The van der Waals surface area contributed by atoms with Gasteiger partial charge in [0, 0.05) is 5.41 Å². The standard InChI is InChI=1S/C10H16O/c1-8-5-9(8)6-10(7-11)3-2-4-10/h7-9H,2-6H2,1H3. The highest BCUT2D eigenvalue weighted by molar-refractivity contribution is 5.60. The molecule has 62 valence electrons. The van der Waals surface area contributed by atoms with Crippen molar-refractivity contribution in [2.75, 3.05) is 0 Å². The van der Waals surface area contributed by atoms with Gasteiger partial charge in [0.2, 0.25) is 0 Å². The van der Waals surface area contributed by atoms with Crippen LogP contribution in [0.1, 0.15) is 39.0 Å². The summed E-state index contributed by atoms with van der Waals surface area (Å²) in [7, 11) is 0. The Morgan fingerprint density at radius 2 is 2.18 bits per heavy atom. The fourth-order valence-corrected chi connectivity index (χ4v) is 2.21. The minimum absolute atomic E-state index is 0.148. The fourth-order valence-electron chi connectivity index (χ4n) is 2.21. The van der Waals surface area contributed by atoms with Crippen molar-refractivity contribution < 1.29 is 4.79 Å². The Morgan fingerprint density at radius 1 is 1.55 bits per heavy atom. The monoisotopic (exact) mass is 152 g/mol. The molecule has 0 saturated heterocycles. The first-order valence-corrected chi connectivity index (χ1v) is 4.72. The Morgan fingerprint density at radius 3 is 2.45 bits per heavy atom. The first-order chi connectivity index (χ1) is 5.26. The third-order valence-electron chi connectivity index (χ3n) is 3.54. The largest absolute Gasteiger partial charge is 0.303 e. The van der Waals surface area contributed by atoms with Crippen LogP contribution in [0, 0.1) is 17.3 Å². The molecule has 2 aliphatic rings. The summed E-state index contributed by atoms with van der Waals surface area (Å²) in [6.07, 6.45) is 7.40. The molecule has 2 atom stereocenters. The molecule has 1 nitrogen and oxygen atoms in total. The van der Waals surface area contributed by atoms with Gasteiger partial charge >= 0.3 is 0 Å². The van der Waals surface area contributed by atoms with Gasteiger partial charge in [0.05, 0.1) is 0 Å². The van der Waals surface area contributed by atoms with Crippen LogP contribution >= 0.6 is 0 Å². The van der Waals surface area contributed by atoms with E-state index in [1.165, 1.54) is 38.4 Å². The molecule has 2 unspecified atom stereocenters. The molecule has 0 aromatic rings. The maximum atomic E-state index is 10.8. The summed E-state index contributed by atoms with van der Waals surface area (Å²) < 4.78 is 0. The normalized spacial score (nSPS) is 39.4. The molecule has 2 aliphatic carbocycles. The summed E-state index contributed by atoms with van der Waals surface area (Å²) in [5, 5.41) is 0. The molecular formula is C10H16O. The Labute approximate surface area is 68.2 Å². The van der Waals surface area contributed by atoms with Crippen LogP contribution in [-0.4, -0.2) is 6.29 Å². The second-order valence-electron chi connectivity index (χ2n) is 4.51. The lowest BCUT2D eigenvalue weighted by Crippen LogP contribution is -2.31. The van der Waals surface area contributed by atoms with Gasteiger partial charge in [-0.3, -0.25) is 0 Å². The molecule has 1 heteroatoms. The summed E-state index contributed by atoms with van der Waals surface area (Å²) in [6, 6.07) is 0. The van der Waals surface area contributed by atoms with Crippen molar-refractivity contribution in [3.05, 3.63) is 0 Å². The van der Waals surface area contributed by atoms with Crippen LogP contribution in [0.3, 0.4) is 0 Å². The van der Waals surface area contributed by atoms with Gasteiger partial charge in [-0.15, -0.1) is 0 Å². The second kappa shape index (κ2) is 2.33. The van der Waals surface area contributed by atoms with Crippen molar-refractivity contribution in [1.82, 2.24) is 0 Å². The summed E-state index contributed by atoms with van der Waals surface area (Å²) in [5.74, 6) is 1.80. The maximum absolute atomic E-state index is 10.8. The van der Waals surface area contributed by atoms with Gasteiger partial charge in [-0.2, -0.15) is 0 Å². The van der Waals surface area contributed by atoms with Crippen LogP contribution in [0.2, 0.25) is 0 Å². The number of rotatable bonds is 3. The third kappa shape index (κ3) is 1.21. The Hall–Kier alpha value is -0.330. The average molecular weight is 152 g/mol. The summed E-state index contributed by atoms with van der Waals surface area (Å²) in [6.45, 7) is 2.29. The van der Waals surface area contributed by atoms with Crippen molar-refractivity contribution in [2.45, 2.75) is 39.0 Å². The van der Waals surface area contributed by atoms with Crippen molar-refractivity contribution in [1.29, 1.82) is 0 Å². The molecule has 0 bridgehead atoms. The predicted molar refractivity (Wildman–Crippen MR) is 44.2 cm³/mol. The molecule has 0 heterocycles. The van der Waals surface area contributed by atoms with Gasteiger partial charge in [0.1, 0.15) is 6.29 Å². The fraction of sp³-hybridized carbons (Fsp3) is 0.900. The lowest BCUT2D eigenvalue weighted by Gasteiger charge is -2.36. The van der Waals surface area contributed by atoms with E-state index in [-0.39, 0.29) is 5.41 Å². The van der Waals surface area contributed by atoms with Crippen LogP contribution in [0.4, 0.5) is 0 Å². The third-order valence-corrected chi connectivity index (χ3v) is 3.54. The first kappa shape index (κ1) is 7.33. The Kier molecular flexibility index (Phi) is 1.55. The van der Waals surface area contributed by atoms with E-state index in [4.69, 9.17) is 0 Å². The highest BCUT2D eigenvalue weighted by atomic mass is 16.1. The van der Waals surface area contributed by atoms with Crippen LogP contribution in [0.5, 0.6) is 0 Å². The summed E-state index contributed by atoms with van der Waals surface area (Å²) >= 11 is 0. The van der Waals surface area contributed by atoms with Gasteiger partial charge in [-0.1, -0.05) is 13.3 Å². The molecule has 0 amide bonds. The SMILES string of the molecule is CC1CC1CC1(C=O)CCC1. The topological polar surface area (TPSA) is 17.1 Å². The second-order valence-corrected chi connectivity index (χ2v) is 4.51. The minimum atomic E-state index is 0.148. The number of carbonyl (C=O) groups is 1. The van der Waals surface area contributed by atoms with Crippen molar-refractivity contribution in [2.24, 2.45) is 17.3 Å². The van der Waals surface area contributed by atoms with E-state index in [0.717, 1.165) is 11.8 Å². The van der Waals surface area contributed by atoms with Gasteiger partial charge < -0.3 is 4.79 Å². The molecule has 0 aromatic heterocycles. The number of carbonyl (C=O) groups excluding carboxylic acids is 1. The lowest BCUT2D eigenvalue weighted by atomic mass is 9.67. The zero-order valence-electron chi connectivity index (χ0n) is 7.18. The van der Waals surface area contributed by atoms with E-state index in [1.54, 1.807) is 0 Å². The minimum Gasteiger partial charge on any atom is -0.303 e. The van der Waals surface area contributed by atoms with Gasteiger partial charge in [0.15, 0.2) is 0 Å². The van der Waals surface area contributed by atoms with Crippen molar-refractivity contribution in [3.63, 3.8) is 0 Å². The van der Waals surface area contributed by atoms with Crippen LogP contribution in [0.25, 0.3) is 0 Å². The van der Waals surface area contributed by atoms with Crippen molar-refractivity contribution in [3.8, 4) is 0 Å². The van der Waals surface area contributed by atoms with Crippen LogP contribution in [0.15, 0.2) is 0 Å². The maximum Gasteiger partial charge on any atom is 0.126 e. The smallest absolute Gasteiger partial charge is 0.126 e. The van der Waals surface area contributed by atoms with Gasteiger partial charge in [0.25, 0.3) is 0 Å². The van der Waals surface area contributed by atoms with E-state index < -0.39 is 0 Å². The molecule has 0 radical (unpaired) electrons. The predicted octanol–water partition coefficient (Wildman–Crippen LogP) is 2.40. The summed E-state index contributed by atoms with van der Waals surface area (Å²) in [5.41, 5.74) is 0.148. The number of aldehydes is 1. The summed E-state index contributed by atoms with van der Waals surface area (Å²) in [4.78, 5) is 10.8. The molecule has 2 saturated carbocycles.